The van der Waals surface area contributed by atoms with Gasteiger partial charge in [0.2, 0.25) is 0 Å². The smallest absolute Gasteiger partial charge is 0.308 e. The average Bonchev–Trinajstić information content (AvgIpc) is 2.94. The molecule has 1 aromatic rings. The zero-order valence-corrected chi connectivity index (χ0v) is 13.3. The average molecular weight is 295 g/mol. The lowest BCUT2D eigenvalue weighted by molar-refractivity contribution is -0.149. The predicted molar refractivity (Wildman–Crippen MR) is 82.9 cm³/mol. The lowest BCUT2D eigenvalue weighted by Crippen LogP contribution is -2.34. The maximum Gasteiger partial charge on any atom is 0.308 e. The first kappa shape index (κ1) is 15.5. The van der Waals surface area contributed by atoms with Gasteiger partial charge in [-0.05, 0) is 51.2 Å². The minimum Gasteiger partial charge on any atom is -0.466 e. The highest BCUT2D eigenvalue weighted by atomic mass is 32.1. The Labute approximate surface area is 125 Å². The molecular weight excluding hydrogens is 270 g/mol. The van der Waals surface area contributed by atoms with Gasteiger partial charge < -0.3 is 10.1 Å². The standard InChI is InChI=1S/C16H25NO2S/c1-3-14-9-10-15(20-14)11-17-13-7-5-12(6-8-13)16(18)19-4-2/h9-10,12-13,17H,3-8,11H2,1-2H3. The molecule has 1 N–H and O–H groups in total. The highest BCUT2D eigenvalue weighted by Crippen LogP contribution is 2.26. The van der Waals surface area contributed by atoms with Crippen molar-refractivity contribution in [3.8, 4) is 0 Å². The number of thiophene rings is 1. The van der Waals surface area contributed by atoms with Crippen molar-refractivity contribution in [3.05, 3.63) is 21.9 Å². The van der Waals surface area contributed by atoms with Crippen LogP contribution in [0.5, 0.6) is 0 Å². The van der Waals surface area contributed by atoms with Gasteiger partial charge in [-0.25, -0.2) is 0 Å². The predicted octanol–water partition coefficient (Wildman–Crippen LogP) is 3.52. The minimum absolute atomic E-state index is 0.00297. The van der Waals surface area contributed by atoms with Crippen molar-refractivity contribution in [1.82, 2.24) is 5.32 Å². The van der Waals surface area contributed by atoms with E-state index in [2.05, 4.69) is 24.4 Å². The van der Waals surface area contributed by atoms with Crippen LogP contribution in [0.4, 0.5) is 0 Å². The molecule has 0 atom stereocenters. The van der Waals surface area contributed by atoms with E-state index >= 15 is 0 Å². The molecule has 1 saturated carbocycles. The Hall–Kier alpha value is -0.870. The number of nitrogens with one attached hydrogen (secondary N) is 1. The summed E-state index contributed by atoms with van der Waals surface area (Å²) in [4.78, 5) is 14.5. The third-order valence-corrected chi connectivity index (χ3v) is 5.21. The van der Waals surface area contributed by atoms with E-state index in [1.54, 1.807) is 0 Å². The number of aryl methyl sites for hydroxylation is 1. The maximum atomic E-state index is 11.7. The first-order valence-electron chi connectivity index (χ1n) is 7.70. The summed E-state index contributed by atoms with van der Waals surface area (Å²) in [6.07, 6.45) is 5.20. The molecule has 1 fully saturated rings. The van der Waals surface area contributed by atoms with Crippen molar-refractivity contribution in [2.45, 2.75) is 58.5 Å². The van der Waals surface area contributed by atoms with Gasteiger partial charge in [0.05, 0.1) is 12.5 Å². The zero-order chi connectivity index (χ0) is 14.4. The summed E-state index contributed by atoms with van der Waals surface area (Å²) in [7, 11) is 0. The van der Waals surface area contributed by atoms with Crippen LogP contribution in [-0.4, -0.2) is 18.6 Å². The minimum atomic E-state index is -0.00297. The summed E-state index contributed by atoms with van der Waals surface area (Å²) in [5, 5.41) is 3.63. The van der Waals surface area contributed by atoms with E-state index in [9.17, 15) is 4.79 Å². The van der Waals surface area contributed by atoms with E-state index in [1.165, 1.54) is 9.75 Å². The molecule has 0 amide bonds. The maximum absolute atomic E-state index is 11.7. The number of esters is 1. The molecule has 1 aromatic heterocycles. The lowest BCUT2D eigenvalue weighted by Gasteiger charge is -2.27. The molecule has 112 valence electrons. The van der Waals surface area contributed by atoms with E-state index < -0.39 is 0 Å². The molecule has 0 aliphatic heterocycles. The van der Waals surface area contributed by atoms with E-state index in [0.29, 0.717) is 12.6 Å². The Kier molecular flexibility index (Phi) is 6.05. The lowest BCUT2D eigenvalue weighted by atomic mass is 9.86. The normalized spacial score (nSPS) is 22.7. The van der Waals surface area contributed by atoms with E-state index in [1.807, 2.05) is 18.3 Å². The highest BCUT2D eigenvalue weighted by Gasteiger charge is 2.26. The Morgan fingerprint density at radius 3 is 2.55 bits per heavy atom. The van der Waals surface area contributed by atoms with Crippen LogP contribution in [0.25, 0.3) is 0 Å². The van der Waals surface area contributed by atoms with E-state index in [-0.39, 0.29) is 11.9 Å². The van der Waals surface area contributed by atoms with Crippen molar-refractivity contribution >= 4 is 17.3 Å². The Balaban J connectivity index is 1.70. The van der Waals surface area contributed by atoms with Crippen LogP contribution in [0.1, 0.15) is 49.3 Å². The van der Waals surface area contributed by atoms with Gasteiger partial charge >= 0.3 is 5.97 Å². The number of rotatable bonds is 6. The quantitative estimate of drug-likeness (QED) is 0.816. The number of hydrogen-bond donors (Lipinski definition) is 1. The van der Waals surface area contributed by atoms with Crippen molar-refractivity contribution < 1.29 is 9.53 Å². The fourth-order valence-electron chi connectivity index (χ4n) is 2.75. The van der Waals surface area contributed by atoms with Gasteiger partial charge in [-0.1, -0.05) is 6.92 Å². The van der Waals surface area contributed by atoms with Gasteiger partial charge in [0.1, 0.15) is 0 Å². The fraction of sp³-hybridized carbons (Fsp3) is 0.688. The summed E-state index contributed by atoms with van der Waals surface area (Å²) >= 11 is 1.90. The van der Waals surface area contributed by atoms with Gasteiger partial charge in [-0.3, -0.25) is 4.79 Å². The molecule has 4 heteroatoms. The second kappa shape index (κ2) is 7.79. The molecule has 0 saturated heterocycles. The second-order valence-corrected chi connectivity index (χ2v) is 6.66. The van der Waals surface area contributed by atoms with E-state index in [4.69, 9.17) is 4.74 Å². The van der Waals surface area contributed by atoms with Crippen molar-refractivity contribution in [2.24, 2.45) is 5.92 Å². The first-order valence-corrected chi connectivity index (χ1v) is 8.52. The molecule has 0 unspecified atom stereocenters. The molecule has 0 aromatic carbocycles. The van der Waals surface area contributed by atoms with Crippen molar-refractivity contribution in [1.29, 1.82) is 0 Å². The summed E-state index contributed by atoms with van der Waals surface area (Å²) < 4.78 is 5.10. The molecule has 20 heavy (non-hydrogen) atoms. The fourth-order valence-corrected chi connectivity index (χ4v) is 3.65. The molecule has 1 aliphatic rings. The summed E-state index contributed by atoms with van der Waals surface area (Å²) in [5.74, 6) is 0.123. The number of ether oxygens (including phenoxy) is 1. The second-order valence-electron chi connectivity index (χ2n) is 5.40. The van der Waals surface area contributed by atoms with Gasteiger partial charge in [-0.2, -0.15) is 0 Å². The Bertz CT molecular complexity index is 422. The van der Waals surface area contributed by atoms with Gasteiger partial charge in [0.15, 0.2) is 0 Å². The first-order chi connectivity index (χ1) is 9.72. The molecule has 3 nitrogen and oxygen atoms in total. The SMILES string of the molecule is CCOC(=O)C1CCC(NCc2ccc(CC)s2)CC1. The van der Waals surface area contributed by atoms with Gasteiger partial charge in [0.25, 0.3) is 0 Å². The van der Waals surface area contributed by atoms with Crippen LogP contribution < -0.4 is 5.32 Å². The molecule has 1 heterocycles. The molecule has 2 rings (SSSR count). The monoisotopic (exact) mass is 295 g/mol. The largest absolute Gasteiger partial charge is 0.466 e. The summed E-state index contributed by atoms with van der Waals surface area (Å²) in [6, 6.07) is 4.99. The van der Waals surface area contributed by atoms with Crippen LogP contribution >= 0.6 is 11.3 Å². The van der Waals surface area contributed by atoms with Crippen LogP contribution in [0.3, 0.4) is 0 Å². The number of carbonyl (C=O) groups is 1. The highest BCUT2D eigenvalue weighted by molar-refractivity contribution is 7.11. The van der Waals surface area contributed by atoms with Crippen LogP contribution in [0.2, 0.25) is 0 Å². The molecule has 0 bridgehead atoms. The van der Waals surface area contributed by atoms with Crippen molar-refractivity contribution in [3.63, 3.8) is 0 Å². The zero-order valence-electron chi connectivity index (χ0n) is 12.5. The topological polar surface area (TPSA) is 38.3 Å². The van der Waals surface area contributed by atoms with Crippen LogP contribution in [0, 0.1) is 5.92 Å². The Morgan fingerprint density at radius 1 is 1.25 bits per heavy atom. The third kappa shape index (κ3) is 4.32. The Morgan fingerprint density at radius 2 is 1.95 bits per heavy atom. The summed E-state index contributed by atoms with van der Waals surface area (Å²) in [5.41, 5.74) is 0. The molecular formula is C16H25NO2S. The van der Waals surface area contributed by atoms with Gasteiger partial charge in [-0.15, -0.1) is 11.3 Å². The number of carbonyl (C=O) groups excluding carboxylic acids is 1. The van der Waals surface area contributed by atoms with Gasteiger partial charge in [0, 0.05) is 22.3 Å². The molecule has 0 radical (unpaired) electrons. The number of hydrogen-bond acceptors (Lipinski definition) is 4. The van der Waals surface area contributed by atoms with Crippen LogP contribution in [-0.2, 0) is 22.5 Å². The molecule has 0 spiro atoms. The van der Waals surface area contributed by atoms with Crippen molar-refractivity contribution in [2.75, 3.05) is 6.61 Å². The van der Waals surface area contributed by atoms with E-state index in [0.717, 1.165) is 38.6 Å². The van der Waals surface area contributed by atoms with Crippen LogP contribution in [0.15, 0.2) is 12.1 Å². The third-order valence-electron chi connectivity index (χ3n) is 3.98. The molecule has 1 aliphatic carbocycles. The summed E-state index contributed by atoms with van der Waals surface area (Å²) in [6.45, 7) is 5.52.